The van der Waals surface area contributed by atoms with Crippen molar-refractivity contribution in [2.45, 2.75) is 38.5 Å². The molecule has 0 aromatic heterocycles. The predicted octanol–water partition coefficient (Wildman–Crippen LogP) is 3.09. The third-order valence-corrected chi connectivity index (χ3v) is 6.93. The first-order valence-electron chi connectivity index (χ1n) is 10.5. The van der Waals surface area contributed by atoms with Crippen molar-refractivity contribution < 1.29 is 14.3 Å². The molecule has 0 heterocycles. The molecule has 4 bridgehead atoms. The van der Waals surface area contributed by atoms with Gasteiger partial charge in [-0.3, -0.25) is 9.59 Å². The smallest absolute Gasteiger partial charge is 0.251 e. The van der Waals surface area contributed by atoms with Crippen molar-refractivity contribution in [3.8, 4) is 0 Å². The second-order valence-electron chi connectivity index (χ2n) is 8.94. The quantitative estimate of drug-likeness (QED) is 0.492. The molecule has 3 N–H and O–H groups in total. The molecule has 2 amide bonds. The summed E-state index contributed by atoms with van der Waals surface area (Å²) in [5.41, 5.74) is 0.977. The lowest BCUT2D eigenvalue weighted by molar-refractivity contribution is -0.144. The Morgan fingerprint density at radius 2 is 1.79 bits per heavy atom. The zero-order valence-corrected chi connectivity index (χ0v) is 17.6. The summed E-state index contributed by atoms with van der Waals surface area (Å²) in [6.07, 6.45) is 6.91. The number of thiocarbonyl (C=S) groups is 1. The zero-order chi connectivity index (χ0) is 20.4. The highest BCUT2D eigenvalue weighted by Gasteiger charge is 2.54. The first kappa shape index (κ1) is 20.3. The van der Waals surface area contributed by atoms with Crippen LogP contribution in [0.2, 0.25) is 0 Å². The Balaban J connectivity index is 1.35. The van der Waals surface area contributed by atoms with Gasteiger partial charge in [-0.05, 0) is 86.7 Å². The molecule has 4 aliphatic carbocycles. The predicted molar refractivity (Wildman–Crippen MR) is 116 cm³/mol. The fraction of sp³-hybridized carbons (Fsp3) is 0.591. The minimum atomic E-state index is -0.233. The third kappa shape index (κ3) is 4.46. The van der Waals surface area contributed by atoms with Crippen molar-refractivity contribution in [1.29, 1.82) is 0 Å². The summed E-state index contributed by atoms with van der Waals surface area (Å²) in [5, 5.41) is 9.09. The van der Waals surface area contributed by atoms with Crippen molar-refractivity contribution in [3.05, 3.63) is 29.8 Å². The highest BCUT2D eigenvalue weighted by atomic mass is 32.1. The molecule has 0 aliphatic heterocycles. The van der Waals surface area contributed by atoms with Crippen LogP contribution in [0.15, 0.2) is 24.3 Å². The van der Waals surface area contributed by atoms with Gasteiger partial charge in [-0.15, -0.1) is 0 Å². The van der Waals surface area contributed by atoms with Gasteiger partial charge in [-0.1, -0.05) is 6.07 Å². The average Bonchev–Trinajstić information content (AvgIpc) is 2.67. The van der Waals surface area contributed by atoms with Crippen molar-refractivity contribution >= 4 is 34.8 Å². The number of anilines is 1. The molecule has 0 spiro atoms. The summed E-state index contributed by atoms with van der Waals surface area (Å²) in [6, 6.07) is 7.09. The summed E-state index contributed by atoms with van der Waals surface area (Å²) in [7, 11) is 1.59. The molecule has 0 radical (unpaired) electrons. The highest BCUT2D eigenvalue weighted by Crippen LogP contribution is 2.60. The van der Waals surface area contributed by atoms with Crippen LogP contribution in [0, 0.1) is 23.2 Å². The molecule has 7 heteroatoms. The van der Waals surface area contributed by atoms with Crippen molar-refractivity contribution in [3.63, 3.8) is 0 Å². The maximum absolute atomic E-state index is 13.1. The Bertz CT molecular complexity index is 775. The Morgan fingerprint density at radius 1 is 1.14 bits per heavy atom. The van der Waals surface area contributed by atoms with E-state index in [-0.39, 0.29) is 17.2 Å². The van der Waals surface area contributed by atoms with E-state index in [0.717, 1.165) is 19.3 Å². The molecular weight excluding hydrogens is 386 g/mol. The number of rotatable bonds is 6. The molecule has 156 valence electrons. The molecule has 5 rings (SSSR count). The molecule has 0 saturated heterocycles. The zero-order valence-electron chi connectivity index (χ0n) is 16.8. The van der Waals surface area contributed by atoms with E-state index >= 15 is 0 Å². The summed E-state index contributed by atoms with van der Waals surface area (Å²) in [4.78, 5) is 25.3. The SMILES string of the molecule is COCCNC(=O)c1cccc(NC(=S)NC(=O)C23CC4CC(CC(C4)C2)C3)c1. The van der Waals surface area contributed by atoms with Crippen LogP contribution in [0.25, 0.3) is 0 Å². The summed E-state index contributed by atoms with van der Waals surface area (Å²) in [5.74, 6) is 2.03. The Labute approximate surface area is 177 Å². The van der Waals surface area contributed by atoms with E-state index in [9.17, 15) is 9.59 Å². The number of methoxy groups -OCH3 is 1. The van der Waals surface area contributed by atoms with E-state index in [4.69, 9.17) is 17.0 Å². The number of nitrogens with one attached hydrogen (secondary N) is 3. The molecule has 4 saturated carbocycles. The summed E-state index contributed by atoms with van der Waals surface area (Å²) < 4.78 is 4.94. The molecule has 0 atom stereocenters. The van der Waals surface area contributed by atoms with Gasteiger partial charge in [0.05, 0.1) is 12.0 Å². The molecule has 4 aliphatic rings. The fourth-order valence-corrected chi connectivity index (χ4v) is 6.10. The second-order valence-corrected chi connectivity index (χ2v) is 9.34. The third-order valence-electron chi connectivity index (χ3n) is 6.72. The molecular formula is C22H29N3O3S. The summed E-state index contributed by atoms with van der Waals surface area (Å²) >= 11 is 5.40. The fourth-order valence-electron chi connectivity index (χ4n) is 5.89. The van der Waals surface area contributed by atoms with Gasteiger partial charge in [0.15, 0.2) is 5.11 Å². The monoisotopic (exact) mass is 415 g/mol. The van der Waals surface area contributed by atoms with E-state index in [1.54, 1.807) is 25.3 Å². The molecule has 4 fully saturated rings. The van der Waals surface area contributed by atoms with E-state index < -0.39 is 0 Å². The normalized spacial score (nSPS) is 29.3. The van der Waals surface area contributed by atoms with E-state index in [1.165, 1.54) is 19.3 Å². The van der Waals surface area contributed by atoms with Crippen LogP contribution < -0.4 is 16.0 Å². The Hall–Kier alpha value is -1.99. The molecule has 1 aromatic rings. The number of ether oxygens (including phenoxy) is 1. The lowest BCUT2D eigenvalue weighted by Gasteiger charge is -2.55. The number of hydrogen-bond acceptors (Lipinski definition) is 4. The van der Waals surface area contributed by atoms with Gasteiger partial charge in [0.25, 0.3) is 5.91 Å². The first-order valence-corrected chi connectivity index (χ1v) is 10.9. The van der Waals surface area contributed by atoms with E-state index in [1.807, 2.05) is 6.07 Å². The average molecular weight is 416 g/mol. The van der Waals surface area contributed by atoms with Gasteiger partial charge in [0.1, 0.15) is 0 Å². The maximum Gasteiger partial charge on any atom is 0.251 e. The molecule has 6 nitrogen and oxygen atoms in total. The van der Waals surface area contributed by atoms with Crippen LogP contribution in [0.4, 0.5) is 5.69 Å². The number of carbonyl (C=O) groups is 2. The largest absolute Gasteiger partial charge is 0.383 e. The van der Waals surface area contributed by atoms with Crippen LogP contribution in [-0.4, -0.2) is 37.2 Å². The van der Waals surface area contributed by atoms with Crippen molar-refractivity contribution in [2.75, 3.05) is 25.6 Å². The molecule has 29 heavy (non-hydrogen) atoms. The Kier molecular flexibility index (Phi) is 5.88. The second kappa shape index (κ2) is 8.40. The van der Waals surface area contributed by atoms with Gasteiger partial charge in [0, 0.05) is 24.9 Å². The Morgan fingerprint density at radius 3 is 2.41 bits per heavy atom. The maximum atomic E-state index is 13.1. The van der Waals surface area contributed by atoms with E-state index in [2.05, 4.69) is 16.0 Å². The van der Waals surface area contributed by atoms with Gasteiger partial charge < -0.3 is 20.7 Å². The van der Waals surface area contributed by atoms with Gasteiger partial charge in [-0.2, -0.15) is 0 Å². The van der Waals surface area contributed by atoms with Crippen molar-refractivity contribution in [2.24, 2.45) is 23.2 Å². The van der Waals surface area contributed by atoms with Crippen LogP contribution in [0.1, 0.15) is 48.9 Å². The topological polar surface area (TPSA) is 79.5 Å². The minimum Gasteiger partial charge on any atom is -0.383 e. The first-order chi connectivity index (χ1) is 14.0. The summed E-state index contributed by atoms with van der Waals surface area (Å²) in [6.45, 7) is 0.913. The highest BCUT2D eigenvalue weighted by molar-refractivity contribution is 7.80. The van der Waals surface area contributed by atoms with Crippen LogP contribution in [-0.2, 0) is 9.53 Å². The lowest BCUT2D eigenvalue weighted by Crippen LogP contribution is -2.55. The standard InChI is InChI=1S/C22H29N3O3S/c1-28-6-5-23-19(26)17-3-2-4-18(10-17)24-21(29)25-20(27)22-11-14-7-15(12-22)9-16(8-14)13-22/h2-4,10,14-16H,5-9,11-13H2,1H3,(H,23,26)(H2,24,25,27,29). The molecule has 1 aromatic carbocycles. The van der Waals surface area contributed by atoms with Gasteiger partial charge >= 0.3 is 0 Å². The number of benzene rings is 1. The lowest BCUT2D eigenvalue weighted by atomic mass is 9.49. The van der Waals surface area contributed by atoms with Crippen LogP contribution in [0.5, 0.6) is 0 Å². The van der Waals surface area contributed by atoms with Crippen molar-refractivity contribution in [1.82, 2.24) is 10.6 Å². The minimum absolute atomic E-state index is 0.0718. The molecule has 0 unspecified atom stereocenters. The number of hydrogen-bond donors (Lipinski definition) is 3. The van der Waals surface area contributed by atoms with E-state index in [0.29, 0.717) is 47.3 Å². The number of carbonyl (C=O) groups excluding carboxylic acids is 2. The van der Waals surface area contributed by atoms with Crippen LogP contribution >= 0.6 is 12.2 Å². The van der Waals surface area contributed by atoms with Crippen LogP contribution in [0.3, 0.4) is 0 Å². The van der Waals surface area contributed by atoms with Gasteiger partial charge in [0.2, 0.25) is 5.91 Å². The number of amides is 2. The van der Waals surface area contributed by atoms with Gasteiger partial charge in [-0.25, -0.2) is 0 Å².